The summed E-state index contributed by atoms with van der Waals surface area (Å²) in [6, 6.07) is 7.73. The van der Waals surface area contributed by atoms with Crippen LogP contribution in [0.2, 0.25) is 5.02 Å². The van der Waals surface area contributed by atoms with Crippen LogP contribution in [0.1, 0.15) is 0 Å². The summed E-state index contributed by atoms with van der Waals surface area (Å²) in [7, 11) is 0. The van der Waals surface area contributed by atoms with E-state index in [-0.39, 0.29) is 0 Å². The summed E-state index contributed by atoms with van der Waals surface area (Å²) in [6.07, 6.45) is 1.58. The van der Waals surface area contributed by atoms with E-state index in [1.807, 2.05) is 24.3 Å². The van der Waals surface area contributed by atoms with Gasteiger partial charge in [-0.1, -0.05) is 35.5 Å². The number of rotatable bonds is 5. The summed E-state index contributed by atoms with van der Waals surface area (Å²) in [5.41, 5.74) is 0.974. The SMILES string of the molecule is Clc1ccccc1NCCSc1ncns1. The Bertz CT molecular complexity index is 433. The zero-order valence-electron chi connectivity index (χ0n) is 8.39. The number of hydrogen-bond donors (Lipinski definition) is 1. The highest BCUT2D eigenvalue weighted by Crippen LogP contribution is 2.21. The topological polar surface area (TPSA) is 37.8 Å². The molecule has 84 valence electrons. The van der Waals surface area contributed by atoms with Crippen LogP contribution in [0.3, 0.4) is 0 Å². The zero-order chi connectivity index (χ0) is 11.2. The summed E-state index contributed by atoms with van der Waals surface area (Å²) in [4.78, 5) is 4.09. The van der Waals surface area contributed by atoms with Gasteiger partial charge >= 0.3 is 0 Å². The van der Waals surface area contributed by atoms with E-state index in [0.717, 1.165) is 27.3 Å². The van der Waals surface area contributed by atoms with Crippen molar-refractivity contribution in [1.82, 2.24) is 9.36 Å². The smallest absolute Gasteiger partial charge is 0.169 e. The van der Waals surface area contributed by atoms with E-state index in [1.54, 1.807) is 18.1 Å². The third kappa shape index (κ3) is 3.37. The molecule has 0 saturated heterocycles. The number of halogens is 1. The van der Waals surface area contributed by atoms with Crippen LogP contribution >= 0.6 is 34.9 Å². The Balaban J connectivity index is 1.74. The standard InChI is InChI=1S/C10H10ClN3S2/c11-8-3-1-2-4-9(8)12-5-6-15-10-13-7-14-16-10/h1-4,7,12H,5-6H2. The molecule has 0 aliphatic rings. The lowest BCUT2D eigenvalue weighted by molar-refractivity contribution is 1.19. The lowest BCUT2D eigenvalue weighted by Crippen LogP contribution is -2.04. The van der Waals surface area contributed by atoms with Crippen molar-refractivity contribution in [2.75, 3.05) is 17.6 Å². The first-order valence-corrected chi connectivity index (χ1v) is 6.88. The van der Waals surface area contributed by atoms with Gasteiger partial charge in [-0.3, -0.25) is 0 Å². The van der Waals surface area contributed by atoms with Crippen molar-refractivity contribution in [3.8, 4) is 0 Å². The highest BCUT2D eigenvalue weighted by molar-refractivity contribution is 8.00. The van der Waals surface area contributed by atoms with Crippen LogP contribution in [-0.2, 0) is 0 Å². The van der Waals surface area contributed by atoms with Gasteiger partial charge in [-0.15, -0.1) is 0 Å². The van der Waals surface area contributed by atoms with E-state index in [2.05, 4.69) is 14.7 Å². The molecule has 0 aliphatic heterocycles. The van der Waals surface area contributed by atoms with Crippen molar-refractivity contribution in [3.05, 3.63) is 35.6 Å². The lowest BCUT2D eigenvalue weighted by atomic mass is 10.3. The minimum absolute atomic E-state index is 0.753. The lowest BCUT2D eigenvalue weighted by Gasteiger charge is -2.06. The molecule has 0 amide bonds. The molecule has 0 saturated carbocycles. The van der Waals surface area contributed by atoms with Crippen LogP contribution < -0.4 is 5.32 Å². The van der Waals surface area contributed by atoms with Crippen LogP contribution in [0.5, 0.6) is 0 Å². The van der Waals surface area contributed by atoms with E-state index in [1.165, 1.54) is 11.5 Å². The Morgan fingerprint density at radius 2 is 2.25 bits per heavy atom. The second-order valence-electron chi connectivity index (χ2n) is 2.96. The van der Waals surface area contributed by atoms with Crippen LogP contribution in [0, 0.1) is 0 Å². The van der Waals surface area contributed by atoms with Crippen molar-refractivity contribution in [3.63, 3.8) is 0 Å². The van der Waals surface area contributed by atoms with Crippen molar-refractivity contribution < 1.29 is 0 Å². The molecule has 0 unspecified atom stereocenters. The van der Waals surface area contributed by atoms with Gasteiger partial charge < -0.3 is 5.32 Å². The fourth-order valence-electron chi connectivity index (χ4n) is 1.16. The molecule has 2 aromatic rings. The van der Waals surface area contributed by atoms with Crippen molar-refractivity contribution in [2.24, 2.45) is 0 Å². The minimum Gasteiger partial charge on any atom is -0.383 e. The summed E-state index contributed by atoms with van der Waals surface area (Å²) in [5.74, 6) is 0.945. The third-order valence-electron chi connectivity index (χ3n) is 1.86. The van der Waals surface area contributed by atoms with Gasteiger partial charge in [0, 0.05) is 12.3 Å². The number of hydrogen-bond acceptors (Lipinski definition) is 5. The molecule has 3 nitrogen and oxygen atoms in total. The van der Waals surface area contributed by atoms with Gasteiger partial charge in [-0.05, 0) is 23.7 Å². The first-order chi connectivity index (χ1) is 7.86. The predicted octanol–water partition coefficient (Wildman–Crippen LogP) is 3.40. The maximum atomic E-state index is 6.01. The highest BCUT2D eigenvalue weighted by Gasteiger charge is 1.99. The van der Waals surface area contributed by atoms with Gasteiger partial charge in [0.25, 0.3) is 0 Å². The molecule has 0 spiro atoms. The predicted molar refractivity (Wildman–Crippen MR) is 70.6 cm³/mol. The summed E-state index contributed by atoms with van der Waals surface area (Å²) in [5, 5.41) is 4.03. The molecule has 1 heterocycles. The van der Waals surface area contributed by atoms with Crippen LogP contribution in [0.15, 0.2) is 34.9 Å². The molecular weight excluding hydrogens is 262 g/mol. The molecule has 1 aromatic carbocycles. The van der Waals surface area contributed by atoms with E-state index >= 15 is 0 Å². The molecular formula is C10H10ClN3S2. The monoisotopic (exact) mass is 271 g/mol. The van der Waals surface area contributed by atoms with Crippen molar-refractivity contribution >= 4 is 40.6 Å². The zero-order valence-corrected chi connectivity index (χ0v) is 10.8. The number of para-hydroxylation sites is 1. The second kappa shape index (κ2) is 6.08. The van der Waals surface area contributed by atoms with Gasteiger partial charge in [0.1, 0.15) is 6.33 Å². The fraction of sp³-hybridized carbons (Fsp3) is 0.200. The van der Waals surface area contributed by atoms with Crippen LogP contribution in [0.25, 0.3) is 0 Å². The quantitative estimate of drug-likeness (QED) is 0.668. The second-order valence-corrected chi connectivity index (χ2v) is 5.49. The van der Waals surface area contributed by atoms with Gasteiger partial charge in [0.15, 0.2) is 4.34 Å². The number of nitrogens with zero attached hydrogens (tertiary/aromatic N) is 2. The Morgan fingerprint density at radius 1 is 1.38 bits per heavy atom. The normalized spacial score (nSPS) is 10.3. The summed E-state index contributed by atoms with van der Waals surface area (Å²) < 4.78 is 4.94. The molecule has 0 fully saturated rings. The number of nitrogens with one attached hydrogen (secondary N) is 1. The van der Waals surface area contributed by atoms with Crippen LogP contribution in [-0.4, -0.2) is 21.7 Å². The Morgan fingerprint density at radius 3 is 3.00 bits per heavy atom. The Kier molecular flexibility index (Phi) is 4.44. The average Bonchev–Trinajstić information content (AvgIpc) is 2.79. The van der Waals surface area contributed by atoms with E-state index < -0.39 is 0 Å². The van der Waals surface area contributed by atoms with Gasteiger partial charge in [0.05, 0.1) is 10.7 Å². The molecule has 1 N–H and O–H groups in total. The third-order valence-corrected chi connectivity index (χ3v) is 3.99. The first kappa shape index (κ1) is 11.7. The van der Waals surface area contributed by atoms with Crippen LogP contribution in [0.4, 0.5) is 5.69 Å². The molecule has 1 aromatic heterocycles. The maximum Gasteiger partial charge on any atom is 0.169 e. The van der Waals surface area contributed by atoms with E-state index in [9.17, 15) is 0 Å². The summed E-state index contributed by atoms with van der Waals surface area (Å²) >= 11 is 9.12. The van der Waals surface area contributed by atoms with Gasteiger partial charge in [0.2, 0.25) is 0 Å². The molecule has 6 heteroatoms. The van der Waals surface area contributed by atoms with Gasteiger partial charge in [-0.25, -0.2) is 4.98 Å². The maximum absolute atomic E-state index is 6.01. The fourth-order valence-corrected chi connectivity index (χ4v) is 2.73. The van der Waals surface area contributed by atoms with E-state index in [4.69, 9.17) is 11.6 Å². The number of thioether (sulfide) groups is 1. The van der Waals surface area contributed by atoms with Crippen molar-refractivity contribution in [1.29, 1.82) is 0 Å². The molecule has 0 bridgehead atoms. The largest absolute Gasteiger partial charge is 0.383 e. The number of anilines is 1. The number of benzene rings is 1. The first-order valence-electron chi connectivity index (χ1n) is 4.74. The molecule has 0 atom stereocenters. The molecule has 2 rings (SSSR count). The van der Waals surface area contributed by atoms with Crippen molar-refractivity contribution in [2.45, 2.75) is 4.34 Å². The number of aromatic nitrogens is 2. The van der Waals surface area contributed by atoms with E-state index in [0.29, 0.717) is 0 Å². The Hall–Kier alpha value is -0.780. The summed E-state index contributed by atoms with van der Waals surface area (Å²) in [6.45, 7) is 0.855. The van der Waals surface area contributed by atoms with Gasteiger partial charge in [-0.2, -0.15) is 4.37 Å². The Labute approximate surface area is 107 Å². The highest BCUT2D eigenvalue weighted by atomic mass is 35.5. The molecule has 0 aliphatic carbocycles. The molecule has 0 radical (unpaired) electrons. The molecule has 16 heavy (non-hydrogen) atoms. The average molecular weight is 272 g/mol. The minimum atomic E-state index is 0.753.